The van der Waals surface area contributed by atoms with Crippen molar-refractivity contribution in [2.24, 2.45) is 0 Å². The molecule has 17 heavy (non-hydrogen) atoms. The molecule has 0 aromatic carbocycles. The number of rotatable bonds is 5. The molecule has 1 aromatic rings. The highest BCUT2D eigenvalue weighted by atomic mass is 16.2. The van der Waals surface area contributed by atoms with Crippen LogP contribution < -0.4 is 5.32 Å². The van der Waals surface area contributed by atoms with Gasteiger partial charge in [-0.25, -0.2) is 0 Å². The van der Waals surface area contributed by atoms with Gasteiger partial charge in [0.25, 0.3) is 0 Å². The Labute approximate surface area is 102 Å². The molecule has 1 aliphatic rings. The van der Waals surface area contributed by atoms with Crippen LogP contribution in [-0.4, -0.2) is 35.4 Å². The Morgan fingerprint density at radius 2 is 2.53 bits per heavy atom. The monoisotopic (exact) mass is 235 g/mol. The number of hydrogen-bond acceptors (Lipinski definition) is 2. The predicted molar refractivity (Wildman–Crippen MR) is 67.6 cm³/mol. The van der Waals surface area contributed by atoms with Crippen molar-refractivity contribution >= 4 is 5.91 Å². The van der Waals surface area contributed by atoms with Crippen molar-refractivity contribution < 1.29 is 4.79 Å². The highest BCUT2D eigenvalue weighted by Crippen LogP contribution is 2.30. The Bertz CT molecular complexity index is 348. The number of amides is 1. The Morgan fingerprint density at radius 1 is 1.65 bits per heavy atom. The van der Waals surface area contributed by atoms with Gasteiger partial charge in [0.05, 0.1) is 12.6 Å². The molecule has 1 unspecified atom stereocenters. The van der Waals surface area contributed by atoms with E-state index in [0.29, 0.717) is 6.54 Å². The van der Waals surface area contributed by atoms with E-state index in [1.165, 1.54) is 0 Å². The van der Waals surface area contributed by atoms with Gasteiger partial charge in [-0.2, -0.15) is 0 Å². The van der Waals surface area contributed by atoms with Crippen molar-refractivity contribution in [3.63, 3.8) is 0 Å². The lowest BCUT2D eigenvalue weighted by Gasteiger charge is -2.24. The first-order chi connectivity index (χ1) is 8.33. The number of nitrogens with zero attached hydrogens (tertiary/aromatic N) is 1. The van der Waals surface area contributed by atoms with Gasteiger partial charge in [0.2, 0.25) is 5.91 Å². The van der Waals surface area contributed by atoms with E-state index in [0.717, 1.165) is 38.0 Å². The summed E-state index contributed by atoms with van der Waals surface area (Å²) in [6, 6.07) is 4.31. The van der Waals surface area contributed by atoms with Crippen LogP contribution in [0, 0.1) is 0 Å². The van der Waals surface area contributed by atoms with Crippen molar-refractivity contribution in [3.8, 4) is 0 Å². The van der Waals surface area contributed by atoms with Crippen LogP contribution in [0.4, 0.5) is 0 Å². The van der Waals surface area contributed by atoms with Gasteiger partial charge in [0, 0.05) is 18.4 Å². The fourth-order valence-electron chi connectivity index (χ4n) is 2.41. The fraction of sp³-hybridized carbons (Fsp3) is 0.615. The number of carbonyl (C=O) groups excluding carboxylic acids is 1. The van der Waals surface area contributed by atoms with E-state index in [4.69, 9.17) is 0 Å². The summed E-state index contributed by atoms with van der Waals surface area (Å²) >= 11 is 0. The normalized spacial score (nSPS) is 19.8. The van der Waals surface area contributed by atoms with E-state index >= 15 is 0 Å². The minimum absolute atomic E-state index is 0.218. The molecule has 4 nitrogen and oxygen atoms in total. The van der Waals surface area contributed by atoms with Crippen LogP contribution in [0.2, 0.25) is 0 Å². The van der Waals surface area contributed by atoms with Crippen LogP contribution in [0.25, 0.3) is 0 Å². The maximum absolute atomic E-state index is 12.1. The van der Waals surface area contributed by atoms with E-state index in [-0.39, 0.29) is 11.9 Å². The van der Waals surface area contributed by atoms with E-state index in [1.807, 2.05) is 17.2 Å². The minimum atomic E-state index is 0.218. The molecule has 0 aliphatic carbocycles. The van der Waals surface area contributed by atoms with E-state index in [2.05, 4.69) is 23.3 Å². The summed E-state index contributed by atoms with van der Waals surface area (Å²) in [5, 5.41) is 3.18. The molecule has 2 rings (SSSR count). The number of hydrogen-bond donors (Lipinski definition) is 2. The predicted octanol–water partition coefficient (Wildman–Crippen LogP) is 1.68. The van der Waals surface area contributed by atoms with E-state index in [9.17, 15) is 4.79 Å². The number of likely N-dealkylation sites (tertiary alicyclic amines) is 1. The third-order valence-corrected chi connectivity index (χ3v) is 3.26. The zero-order valence-electron chi connectivity index (χ0n) is 10.4. The van der Waals surface area contributed by atoms with Gasteiger partial charge in [-0.05, 0) is 37.9 Å². The van der Waals surface area contributed by atoms with Crippen LogP contribution >= 0.6 is 0 Å². The zero-order valence-corrected chi connectivity index (χ0v) is 10.4. The van der Waals surface area contributed by atoms with Gasteiger partial charge >= 0.3 is 0 Å². The molecule has 4 heteroatoms. The highest BCUT2D eigenvalue weighted by molar-refractivity contribution is 5.79. The third kappa shape index (κ3) is 2.88. The van der Waals surface area contributed by atoms with Crippen LogP contribution in [0.5, 0.6) is 0 Å². The molecule has 1 fully saturated rings. The lowest BCUT2D eigenvalue weighted by molar-refractivity contribution is -0.131. The summed E-state index contributed by atoms with van der Waals surface area (Å²) < 4.78 is 0. The van der Waals surface area contributed by atoms with Crippen LogP contribution in [0.15, 0.2) is 18.3 Å². The summed E-state index contributed by atoms with van der Waals surface area (Å²) in [5.41, 5.74) is 1.16. The quantitative estimate of drug-likeness (QED) is 0.763. The zero-order chi connectivity index (χ0) is 12.1. The van der Waals surface area contributed by atoms with Crippen molar-refractivity contribution in [2.75, 3.05) is 19.6 Å². The summed E-state index contributed by atoms with van der Waals surface area (Å²) in [6.07, 6.45) is 5.15. The summed E-state index contributed by atoms with van der Waals surface area (Å²) in [7, 11) is 0. The molecule has 2 heterocycles. The molecular weight excluding hydrogens is 214 g/mol. The first kappa shape index (κ1) is 12.2. The second-order valence-electron chi connectivity index (χ2n) is 4.55. The number of H-pyrrole nitrogens is 1. The highest BCUT2D eigenvalue weighted by Gasteiger charge is 2.29. The maximum Gasteiger partial charge on any atom is 0.237 e. The molecule has 0 bridgehead atoms. The first-order valence-electron chi connectivity index (χ1n) is 6.46. The van der Waals surface area contributed by atoms with Crippen LogP contribution in [-0.2, 0) is 4.79 Å². The van der Waals surface area contributed by atoms with Gasteiger partial charge in [0.15, 0.2) is 0 Å². The molecule has 1 aromatic heterocycles. The Kier molecular flexibility index (Phi) is 4.20. The average molecular weight is 235 g/mol. The third-order valence-electron chi connectivity index (χ3n) is 3.26. The largest absolute Gasteiger partial charge is 0.363 e. The second-order valence-corrected chi connectivity index (χ2v) is 4.55. The van der Waals surface area contributed by atoms with E-state index in [1.54, 1.807) is 0 Å². The van der Waals surface area contributed by atoms with Gasteiger partial charge in [-0.15, -0.1) is 0 Å². The Balaban J connectivity index is 1.93. The molecule has 2 N–H and O–H groups in total. The summed E-state index contributed by atoms with van der Waals surface area (Å²) in [5.74, 6) is 0.218. The molecule has 1 atom stereocenters. The maximum atomic E-state index is 12.1. The van der Waals surface area contributed by atoms with Crippen molar-refractivity contribution in [1.29, 1.82) is 0 Å². The van der Waals surface area contributed by atoms with Crippen molar-refractivity contribution in [1.82, 2.24) is 15.2 Å². The number of aromatic amines is 1. The van der Waals surface area contributed by atoms with Crippen molar-refractivity contribution in [2.45, 2.75) is 32.2 Å². The minimum Gasteiger partial charge on any atom is -0.363 e. The smallest absolute Gasteiger partial charge is 0.237 e. The molecule has 1 amide bonds. The standard InChI is InChI=1S/C13H21N3O/c1-2-7-14-10-13(17)16-9-4-6-12(16)11-5-3-8-15-11/h3,5,8,12,14-15H,2,4,6-7,9-10H2,1H3. The number of aromatic nitrogens is 1. The number of nitrogens with one attached hydrogen (secondary N) is 2. The lowest BCUT2D eigenvalue weighted by atomic mass is 10.1. The fourth-order valence-corrected chi connectivity index (χ4v) is 2.41. The van der Waals surface area contributed by atoms with E-state index < -0.39 is 0 Å². The van der Waals surface area contributed by atoms with Crippen LogP contribution in [0.1, 0.15) is 37.9 Å². The SMILES string of the molecule is CCCNCC(=O)N1CCCC1c1ccc[nH]1. The lowest BCUT2D eigenvalue weighted by Crippen LogP contribution is -2.38. The average Bonchev–Trinajstić information content (AvgIpc) is 2.99. The molecule has 0 radical (unpaired) electrons. The van der Waals surface area contributed by atoms with Gasteiger partial charge in [-0.3, -0.25) is 4.79 Å². The molecule has 0 spiro atoms. The first-order valence-corrected chi connectivity index (χ1v) is 6.46. The summed E-state index contributed by atoms with van der Waals surface area (Å²) in [6.45, 7) is 4.36. The molecule has 0 saturated carbocycles. The molecule has 94 valence electrons. The molecule has 1 aliphatic heterocycles. The van der Waals surface area contributed by atoms with Crippen molar-refractivity contribution in [3.05, 3.63) is 24.0 Å². The topological polar surface area (TPSA) is 48.1 Å². The Hall–Kier alpha value is -1.29. The Morgan fingerprint density at radius 3 is 3.24 bits per heavy atom. The van der Waals surface area contributed by atoms with Gasteiger partial charge < -0.3 is 15.2 Å². The second kappa shape index (κ2) is 5.87. The molecule has 1 saturated heterocycles. The van der Waals surface area contributed by atoms with Gasteiger partial charge in [0.1, 0.15) is 0 Å². The van der Waals surface area contributed by atoms with Gasteiger partial charge in [-0.1, -0.05) is 6.92 Å². The number of carbonyl (C=O) groups is 1. The molecular formula is C13H21N3O. The van der Waals surface area contributed by atoms with Crippen LogP contribution in [0.3, 0.4) is 0 Å². The summed E-state index contributed by atoms with van der Waals surface area (Å²) in [4.78, 5) is 17.3.